The first-order chi connectivity index (χ1) is 10.6. The molecule has 2 aromatic heterocycles. The Morgan fingerprint density at radius 2 is 2.36 bits per heavy atom. The molecule has 8 nitrogen and oxygen atoms in total. The number of nitrogens with zero attached hydrogens (tertiary/aromatic N) is 3. The molecule has 120 valence electrons. The molecule has 1 aliphatic rings. The number of hydrogen-bond donors (Lipinski definition) is 1. The number of nitrogens with one attached hydrogen (secondary N) is 1. The van der Waals surface area contributed by atoms with Gasteiger partial charge in [-0.15, -0.1) is 0 Å². The number of hydrogen-bond acceptors (Lipinski definition) is 6. The average molecular weight is 326 g/mol. The normalized spacial score (nSPS) is 19.8. The van der Waals surface area contributed by atoms with E-state index in [0.717, 1.165) is 12.8 Å². The van der Waals surface area contributed by atoms with Crippen molar-refractivity contribution in [1.29, 1.82) is 0 Å². The predicted octanol–water partition coefficient (Wildman–Crippen LogP) is 1.19. The molecule has 0 bridgehead atoms. The second kappa shape index (κ2) is 6.19. The molecule has 1 atom stereocenters. The smallest absolute Gasteiger partial charge is 0.280 e. The van der Waals surface area contributed by atoms with Crippen LogP contribution in [0.25, 0.3) is 0 Å². The number of furan rings is 1. The van der Waals surface area contributed by atoms with Crippen molar-refractivity contribution >= 4 is 10.2 Å². The van der Waals surface area contributed by atoms with E-state index in [1.165, 1.54) is 4.31 Å². The second-order valence-electron chi connectivity index (χ2n) is 5.17. The molecule has 2 aromatic rings. The molecule has 0 unspecified atom stereocenters. The van der Waals surface area contributed by atoms with E-state index in [-0.39, 0.29) is 12.6 Å². The average Bonchev–Trinajstić information content (AvgIpc) is 3.19. The maximum absolute atomic E-state index is 12.4. The molecule has 0 amide bonds. The summed E-state index contributed by atoms with van der Waals surface area (Å²) in [4.78, 5) is 4.04. The zero-order valence-corrected chi connectivity index (χ0v) is 13.0. The summed E-state index contributed by atoms with van der Waals surface area (Å²) >= 11 is 0. The van der Waals surface area contributed by atoms with Crippen LogP contribution in [-0.4, -0.2) is 36.0 Å². The summed E-state index contributed by atoms with van der Waals surface area (Å²) in [6.45, 7) is 2.42. The van der Waals surface area contributed by atoms with Gasteiger partial charge in [-0.25, -0.2) is 4.72 Å². The molecule has 0 radical (unpaired) electrons. The van der Waals surface area contributed by atoms with Crippen molar-refractivity contribution in [3.8, 4) is 0 Å². The van der Waals surface area contributed by atoms with Gasteiger partial charge < -0.3 is 8.94 Å². The minimum atomic E-state index is -3.57. The monoisotopic (exact) mass is 326 g/mol. The molecule has 0 spiro atoms. The Morgan fingerprint density at radius 3 is 3.05 bits per heavy atom. The van der Waals surface area contributed by atoms with Crippen LogP contribution in [0.2, 0.25) is 0 Å². The van der Waals surface area contributed by atoms with Crippen molar-refractivity contribution in [3.05, 3.63) is 35.9 Å². The highest BCUT2D eigenvalue weighted by Crippen LogP contribution is 2.33. The minimum Gasteiger partial charge on any atom is -0.468 e. The van der Waals surface area contributed by atoms with Gasteiger partial charge in [0.2, 0.25) is 5.89 Å². The van der Waals surface area contributed by atoms with Gasteiger partial charge in [0.05, 0.1) is 12.3 Å². The molecular formula is C13H18N4O4S. The zero-order valence-electron chi connectivity index (χ0n) is 12.2. The fourth-order valence-electron chi connectivity index (χ4n) is 2.60. The van der Waals surface area contributed by atoms with Crippen LogP contribution in [0.4, 0.5) is 0 Å². The second-order valence-corrected chi connectivity index (χ2v) is 6.88. The van der Waals surface area contributed by atoms with E-state index in [0.29, 0.717) is 30.4 Å². The van der Waals surface area contributed by atoms with E-state index in [4.69, 9.17) is 8.94 Å². The molecule has 3 heterocycles. The first-order valence-electron chi connectivity index (χ1n) is 7.15. The molecule has 1 aliphatic heterocycles. The van der Waals surface area contributed by atoms with Crippen LogP contribution < -0.4 is 4.72 Å². The number of aromatic nitrogens is 2. The van der Waals surface area contributed by atoms with Gasteiger partial charge in [0.1, 0.15) is 5.76 Å². The quantitative estimate of drug-likeness (QED) is 0.855. The van der Waals surface area contributed by atoms with Crippen molar-refractivity contribution < 1.29 is 17.4 Å². The van der Waals surface area contributed by atoms with E-state index >= 15 is 0 Å². The molecule has 1 fully saturated rings. The molecular weight excluding hydrogens is 308 g/mol. The Morgan fingerprint density at radius 1 is 1.50 bits per heavy atom. The van der Waals surface area contributed by atoms with Gasteiger partial charge in [0.15, 0.2) is 5.82 Å². The first-order valence-corrected chi connectivity index (χ1v) is 8.59. The third kappa shape index (κ3) is 3.21. The Bertz CT molecular complexity index is 710. The highest BCUT2D eigenvalue weighted by atomic mass is 32.2. The van der Waals surface area contributed by atoms with E-state index < -0.39 is 10.2 Å². The van der Waals surface area contributed by atoms with Gasteiger partial charge in [-0.1, -0.05) is 5.16 Å². The summed E-state index contributed by atoms with van der Waals surface area (Å²) in [6, 6.07) is 3.34. The Labute approximate surface area is 128 Å². The SMILES string of the molecule is Cc1noc(CCNS(=O)(=O)N2CCC[C@H]2c2ccco2)n1. The Kier molecular flexibility index (Phi) is 4.27. The van der Waals surface area contributed by atoms with Crippen LogP contribution >= 0.6 is 0 Å². The van der Waals surface area contributed by atoms with E-state index in [2.05, 4.69) is 14.9 Å². The highest BCUT2D eigenvalue weighted by molar-refractivity contribution is 7.87. The van der Waals surface area contributed by atoms with Gasteiger partial charge in [-0.2, -0.15) is 17.7 Å². The van der Waals surface area contributed by atoms with Gasteiger partial charge in [-0.3, -0.25) is 0 Å². The summed E-state index contributed by atoms with van der Waals surface area (Å²) in [7, 11) is -3.57. The number of rotatable bonds is 6. The lowest BCUT2D eigenvalue weighted by molar-refractivity contribution is 0.334. The fourth-order valence-corrected chi connectivity index (χ4v) is 4.04. The lowest BCUT2D eigenvalue weighted by Crippen LogP contribution is -2.41. The van der Waals surface area contributed by atoms with E-state index in [1.54, 1.807) is 25.3 Å². The van der Waals surface area contributed by atoms with Crippen LogP contribution in [0.5, 0.6) is 0 Å². The summed E-state index contributed by atoms with van der Waals surface area (Å²) < 4.78 is 39.2. The third-order valence-electron chi connectivity index (χ3n) is 3.58. The largest absolute Gasteiger partial charge is 0.468 e. The standard InChI is InChI=1S/C13H18N4O4S/c1-10-15-13(21-16-10)6-7-14-22(18,19)17-8-2-4-11(17)12-5-3-9-20-12/h3,5,9,11,14H,2,4,6-8H2,1H3/t11-/m0/s1. The molecule has 9 heteroatoms. The fraction of sp³-hybridized carbons (Fsp3) is 0.538. The van der Waals surface area contributed by atoms with Crippen molar-refractivity contribution in [3.63, 3.8) is 0 Å². The van der Waals surface area contributed by atoms with Crippen molar-refractivity contribution in [1.82, 2.24) is 19.2 Å². The van der Waals surface area contributed by atoms with Crippen LogP contribution in [-0.2, 0) is 16.6 Å². The summed E-state index contributed by atoms with van der Waals surface area (Å²) in [5, 5.41) is 3.67. The van der Waals surface area contributed by atoms with E-state index in [1.807, 2.05) is 0 Å². The highest BCUT2D eigenvalue weighted by Gasteiger charge is 2.36. The van der Waals surface area contributed by atoms with Crippen LogP contribution in [0.15, 0.2) is 27.3 Å². The lowest BCUT2D eigenvalue weighted by atomic mass is 10.2. The molecule has 1 N–H and O–H groups in total. The molecule has 0 aromatic carbocycles. The molecule has 3 rings (SSSR count). The summed E-state index contributed by atoms with van der Waals surface area (Å²) in [6.07, 6.45) is 3.50. The minimum absolute atomic E-state index is 0.214. The summed E-state index contributed by atoms with van der Waals surface area (Å²) in [5.74, 6) is 1.63. The van der Waals surface area contributed by atoms with Gasteiger partial charge >= 0.3 is 0 Å². The van der Waals surface area contributed by atoms with Crippen LogP contribution in [0, 0.1) is 6.92 Å². The van der Waals surface area contributed by atoms with Crippen LogP contribution in [0.3, 0.4) is 0 Å². The predicted molar refractivity (Wildman–Crippen MR) is 77.1 cm³/mol. The number of aryl methyl sites for hydroxylation is 1. The molecule has 1 saturated heterocycles. The van der Waals surface area contributed by atoms with E-state index in [9.17, 15) is 8.42 Å². The maximum Gasteiger partial charge on any atom is 0.280 e. The summed E-state index contributed by atoms with van der Waals surface area (Å²) in [5.41, 5.74) is 0. The van der Waals surface area contributed by atoms with Crippen molar-refractivity contribution in [2.75, 3.05) is 13.1 Å². The first kappa shape index (κ1) is 15.2. The Balaban J connectivity index is 1.62. The topological polar surface area (TPSA) is 101 Å². The third-order valence-corrected chi connectivity index (χ3v) is 5.20. The molecule has 0 saturated carbocycles. The van der Waals surface area contributed by atoms with Crippen LogP contribution in [0.1, 0.15) is 36.4 Å². The molecule has 0 aliphatic carbocycles. The molecule has 22 heavy (non-hydrogen) atoms. The van der Waals surface area contributed by atoms with Crippen molar-refractivity contribution in [2.45, 2.75) is 32.2 Å². The van der Waals surface area contributed by atoms with Gasteiger partial charge in [-0.05, 0) is 31.9 Å². The zero-order chi connectivity index (χ0) is 15.6. The lowest BCUT2D eigenvalue weighted by Gasteiger charge is -2.22. The maximum atomic E-state index is 12.4. The van der Waals surface area contributed by atoms with Gasteiger partial charge in [0.25, 0.3) is 10.2 Å². The van der Waals surface area contributed by atoms with Gasteiger partial charge in [0, 0.05) is 19.5 Å². The van der Waals surface area contributed by atoms with Crippen molar-refractivity contribution in [2.24, 2.45) is 0 Å². The Hall–Kier alpha value is -1.71.